The highest BCUT2D eigenvalue weighted by Crippen LogP contribution is 2.26. The molecule has 1 aliphatic rings. The first kappa shape index (κ1) is 11.4. The van der Waals surface area contributed by atoms with E-state index in [1.54, 1.807) is 7.11 Å². The van der Waals surface area contributed by atoms with Crippen LogP contribution in [0.1, 0.15) is 24.5 Å². The van der Waals surface area contributed by atoms with Crippen molar-refractivity contribution < 1.29 is 4.74 Å². The van der Waals surface area contributed by atoms with Crippen molar-refractivity contribution in [1.29, 1.82) is 0 Å². The van der Waals surface area contributed by atoms with Gasteiger partial charge in [0.15, 0.2) is 0 Å². The highest BCUT2D eigenvalue weighted by atomic mass is 16.5. The van der Waals surface area contributed by atoms with Gasteiger partial charge in [0.25, 0.3) is 0 Å². The largest absolute Gasteiger partial charge is 0.497 e. The summed E-state index contributed by atoms with van der Waals surface area (Å²) < 4.78 is 5.23. The fourth-order valence-corrected chi connectivity index (χ4v) is 2.16. The van der Waals surface area contributed by atoms with Crippen molar-refractivity contribution in [2.75, 3.05) is 13.7 Å². The molecular weight excluding hydrogens is 200 g/mol. The van der Waals surface area contributed by atoms with Gasteiger partial charge in [-0.15, -0.1) is 0 Å². The number of rotatable bonds is 4. The van der Waals surface area contributed by atoms with Crippen LogP contribution in [0.5, 0.6) is 5.75 Å². The van der Waals surface area contributed by atoms with Crippen LogP contribution in [-0.2, 0) is 13.1 Å². The Morgan fingerprint density at radius 1 is 1.38 bits per heavy atom. The average Bonchev–Trinajstić information content (AvgIpc) is 2.69. The third-order valence-electron chi connectivity index (χ3n) is 3.22. The molecule has 0 saturated carbocycles. The first-order valence-electron chi connectivity index (χ1n) is 5.86. The molecule has 0 aromatic heterocycles. The van der Waals surface area contributed by atoms with Gasteiger partial charge >= 0.3 is 0 Å². The lowest BCUT2D eigenvalue weighted by Gasteiger charge is -2.18. The number of methoxy groups -OCH3 is 1. The van der Waals surface area contributed by atoms with Gasteiger partial charge in [0.2, 0.25) is 0 Å². The lowest BCUT2D eigenvalue weighted by atomic mass is 10.1. The maximum absolute atomic E-state index is 5.98. The molecule has 0 amide bonds. The first-order chi connectivity index (χ1) is 7.72. The summed E-state index contributed by atoms with van der Waals surface area (Å²) in [7, 11) is 1.71. The van der Waals surface area contributed by atoms with E-state index in [0.717, 1.165) is 31.8 Å². The number of ether oxygens (including phenoxy) is 1. The van der Waals surface area contributed by atoms with Gasteiger partial charge in [0.1, 0.15) is 5.75 Å². The van der Waals surface area contributed by atoms with Gasteiger partial charge in [-0.3, -0.25) is 4.90 Å². The fourth-order valence-electron chi connectivity index (χ4n) is 2.16. The highest BCUT2D eigenvalue weighted by Gasteiger charge is 2.20. The summed E-state index contributed by atoms with van der Waals surface area (Å²) in [4.78, 5) is 2.40. The van der Waals surface area contributed by atoms with Gasteiger partial charge in [-0.1, -0.05) is 13.0 Å². The number of benzene rings is 1. The molecule has 88 valence electrons. The second-order valence-electron chi connectivity index (χ2n) is 4.47. The van der Waals surface area contributed by atoms with E-state index in [1.807, 2.05) is 6.07 Å². The summed E-state index contributed by atoms with van der Waals surface area (Å²) in [5.74, 6) is 0.945. The van der Waals surface area contributed by atoms with E-state index >= 15 is 0 Å². The van der Waals surface area contributed by atoms with Crippen LogP contribution in [-0.4, -0.2) is 24.6 Å². The zero-order valence-electron chi connectivity index (χ0n) is 10.1. The molecule has 0 spiro atoms. The van der Waals surface area contributed by atoms with Crippen molar-refractivity contribution in [1.82, 2.24) is 4.90 Å². The minimum Gasteiger partial charge on any atom is -0.497 e. The Kier molecular flexibility index (Phi) is 3.46. The summed E-state index contributed by atoms with van der Waals surface area (Å²) >= 11 is 0. The topological polar surface area (TPSA) is 38.5 Å². The molecule has 0 bridgehead atoms. The normalized spacial score (nSPS) is 17.2. The molecule has 1 atom stereocenters. The Morgan fingerprint density at radius 2 is 2.12 bits per heavy atom. The summed E-state index contributed by atoms with van der Waals surface area (Å²) in [5, 5.41) is 0. The van der Waals surface area contributed by atoms with Crippen LogP contribution in [0, 0.1) is 0 Å². The van der Waals surface area contributed by atoms with Crippen LogP contribution in [0.3, 0.4) is 0 Å². The van der Waals surface area contributed by atoms with Gasteiger partial charge in [-0.25, -0.2) is 0 Å². The Bertz CT molecular complexity index is 365. The Balaban J connectivity index is 2.03. The second kappa shape index (κ2) is 4.85. The highest BCUT2D eigenvalue weighted by molar-refractivity contribution is 5.37. The van der Waals surface area contributed by atoms with Crippen LogP contribution >= 0.6 is 0 Å². The van der Waals surface area contributed by atoms with Crippen molar-refractivity contribution in [3.8, 4) is 5.75 Å². The molecule has 1 unspecified atom stereocenters. The quantitative estimate of drug-likeness (QED) is 0.840. The van der Waals surface area contributed by atoms with E-state index in [9.17, 15) is 0 Å². The predicted molar refractivity (Wildman–Crippen MR) is 65.4 cm³/mol. The van der Waals surface area contributed by atoms with E-state index in [0.29, 0.717) is 0 Å². The zero-order chi connectivity index (χ0) is 11.5. The number of nitrogens with zero attached hydrogens (tertiary/aromatic N) is 1. The van der Waals surface area contributed by atoms with Crippen LogP contribution in [0.2, 0.25) is 0 Å². The number of hydrogen-bond acceptors (Lipinski definition) is 3. The molecule has 2 N–H and O–H groups in total. The lowest BCUT2D eigenvalue weighted by Crippen LogP contribution is -2.33. The molecule has 1 aromatic rings. The van der Waals surface area contributed by atoms with Crippen molar-refractivity contribution in [2.45, 2.75) is 32.5 Å². The standard InChI is InChI=1S/C13H20N2O/c1-3-12(14)9-15-7-10-4-5-13(16-2)6-11(10)8-15/h4-6,12H,3,7-9,14H2,1-2H3. The molecule has 3 heteroatoms. The Hall–Kier alpha value is -1.06. The number of nitrogens with two attached hydrogens (primary N) is 1. The summed E-state index contributed by atoms with van der Waals surface area (Å²) in [6, 6.07) is 6.61. The summed E-state index contributed by atoms with van der Waals surface area (Å²) in [6.07, 6.45) is 1.04. The van der Waals surface area contributed by atoms with E-state index in [4.69, 9.17) is 10.5 Å². The SMILES string of the molecule is CCC(N)CN1Cc2ccc(OC)cc2C1. The van der Waals surface area contributed by atoms with Gasteiger partial charge in [0.05, 0.1) is 7.11 Å². The predicted octanol–water partition coefficient (Wildman–Crippen LogP) is 1.75. The van der Waals surface area contributed by atoms with E-state index < -0.39 is 0 Å². The summed E-state index contributed by atoms with van der Waals surface area (Å²) in [5.41, 5.74) is 8.76. The van der Waals surface area contributed by atoms with Crippen molar-refractivity contribution >= 4 is 0 Å². The van der Waals surface area contributed by atoms with Crippen molar-refractivity contribution in [3.63, 3.8) is 0 Å². The van der Waals surface area contributed by atoms with Crippen LogP contribution in [0.4, 0.5) is 0 Å². The van der Waals surface area contributed by atoms with Gasteiger partial charge < -0.3 is 10.5 Å². The van der Waals surface area contributed by atoms with Crippen molar-refractivity contribution in [2.24, 2.45) is 5.73 Å². The molecule has 0 radical (unpaired) electrons. The Morgan fingerprint density at radius 3 is 2.81 bits per heavy atom. The van der Waals surface area contributed by atoms with E-state index in [-0.39, 0.29) is 6.04 Å². The average molecular weight is 220 g/mol. The van der Waals surface area contributed by atoms with E-state index in [2.05, 4.69) is 24.0 Å². The lowest BCUT2D eigenvalue weighted by molar-refractivity contribution is 0.262. The van der Waals surface area contributed by atoms with Crippen LogP contribution in [0.15, 0.2) is 18.2 Å². The number of hydrogen-bond donors (Lipinski definition) is 1. The molecule has 16 heavy (non-hydrogen) atoms. The fraction of sp³-hybridized carbons (Fsp3) is 0.538. The van der Waals surface area contributed by atoms with E-state index in [1.165, 1.54) is 11.1 Å². The molecular formula is C13H20N2O. The third-order valence-corrected chi connectivity index (χ3v) is 3.22. The molecule has 1 aromatic carbocycles. The Labute approximate surface area is 97.2 Å². The number of fused-ring (bicyclic) bond motifs is 1. The molecule has 1 aliphatic heterocycles. The van der Waals surface area contributed by atoms with Gasteiger partial charge in [-0.05, 0) is 29.7 Å². The van der Waals surface area contributed by atoms with Crippen LogP contribution < -0.4 is 10.5 Å². The molecule has 2 rings (SSSR count). The van der Waals surface area contributed by atoms with Gasteiger partial charge in [-0.2, -0.15) is 0 Å². The summed E-state index contributed by atoms with van der Waals surface area (Å²) in [6.45, 7) is 5.14. The molecule has 3 nitrogen and oxygen atoms in total. The maximum Gasteiger partial charge on any atom is 0.119 e. The molecule has 0 aliphatic carbocycles. The second-order valence-corrected chi connectivity index (χ2v) is 4.47. The molecule has 1 heterocycles. The minimum absolute atomic E-state index is 0.288. The maximum atomic E-state index is 5.98. The van der Waals surface area contributed by atoms with Crippen molar-refractivity contribution in [3.05, 3.63) is 29.3 Å². The third kappa shape index (κ3) is 2.36. The first-order valence-corrected chi connectivity index (χ1v) is 5.86. The van der Waals surface area contributed by atoms with Gasteiger partial charge in [0, 0.05) is 25.7 Å². The smallest absolute Gasteiger partial charge is 0.119 e. The molecule has 0 fully saturated rings. The monoisotopic (exact) mass is 220 g/mol. The molecule has 0 saturated heterocycles. The zero-order valence-corrected chi connectivity index (χ0v) is 10.1. The minimum atomic E-state index is 0.288. The van der Waals surface area contributed by atoms with Crippen LogP contribution in [0.25, 0.3) is 0 Å².